The number of fused-ring (bicyclic) bond motifs is 1. The molecule has 0 saturated carbocycles. The van der Waals surface area contributed by atoms with Crippen molar-refractivity contribution in [2.75, 3.05) is 23.8 Å². The zero-order chi connectivity index (χ0) is 13.1. The minimum absolute atomic E-state index is 0.858. The molecular formula is C14H18N4S. The third kappa shape index (κ3) is 2.71. The molecule has 5 heteroatoms. The van der Waals surface area contributed by atoms with Gasteiger partial charge in [-0.05, 0) is 30.9 Å². The highest BCUT2D eigenvalue weighted by Gasteiger charge is 2.16. The quantitative estimate of drug-likeness (QED) is 0.934. The van der Waals surface area contributed by atoms with Gasteiger partial charge in [-0.3, -0.25) is 0 Å². The van der Waals surface area contributed by atoms with Crippen molar-refractivity contribution in [2.45, 2.75) is 25.8 Å². The largest absolute Gasteiger partial charge is 0.364 e. The smallest absolute Gasteiger partial charge is 0.205 e. The van der Waals surface area contributed by atoms with Gasteiger partial charge in [0.25, 0.3) is 0 Å². The first kappa shape index (κ1) is 12.4. The van der Waals surface area contributed by atoms with Gasteiger partial charge >= 0.3 is 0 Å². The Hall–Kier alpha value is -1.62. The molecule has 0 aliphatic carbocycles. The van der Waals surface area contributed by atoms with Crippen molar-refractivity contribution in [1.29, 1.82) is 0 Å². The average Bonchev–Trinajstić information content (AvgIpc) is 2.80. The molecule has 0 unspecified atom stereocenters. The SMILES string of the molecule is CNc1nnc(CN2CCCCc3ccccc32)s1. The number of benzene rings is 1. The van der Waals surface area contributed by atoms with Crippen LogP contribution in [0.15, 0.2) is 24.3 Å². The van der Waals surface area contributed by atoms with Crippen LogP contribution in [-0.4, -0.2) is 23.8 Å². The summed E-state index contributed by atoms with van der Waals surface area (Å²) in [6, 6.07) is 8.72. The Morgan fingerprint density at radius 1 is 1.26 bits per heavy atom. The maximum atomic E-state index is 4.25. The van der Waals surface area contributed by atoms with E-state index in [4.69, 9.17) is 0 Å². The van der Waals surface area contributed by atoms with Gasteiger partial charge in [0.2, 0.25) is 5.13 Å². The first-order chi connectivity index (χ1) is 9.36. The van der Waals surface area contributed by atoms with Crippen molar-refractivity contribution in [2.24, 2.45) is 0 Å². The zero-order valence-corrected chi connectivity index (χ0v) is 11.9. The van der Waals surface area contributed by atoms with E-state index in [1.54, 1.807) is 11.3 Å². The van der Waals surface area contributed by atoms with Crippen LogP contribution in [0.1, 0.15) is 23.4 Å². The molecule has 2 heterocycles. The molecule has 0 bridgehead atoms. The van der Waals surface area contributed by atoms with E-state index in [2.05, 4.69) is 44.7 Å². The second kappa shape index (κ2) is 5.57. The summed E-state index contributed by atoms with van der Waals surface area (Å²) in [5.41, 5.74) is 2.82. The lowest BCUT2D eigenvalue weighted by Crippen LogP contribution is -2.23. The van der Waals surface area contributed by atoms with Crippen molar-refractivity contribution in [3.63, 3.8) is 0 Å². The second-order valence-electron chi connectivity index (χ2n) is 4.76. The number of nitrogens with one attached hydrogen (secondary N) is 1. The fraction of sp³-hybridized carbons (Fsp3) is 0.429. The molecular weight excluding hydrogens is 256 g/mol. The third-order valence-electron chi connectivity index (χ3n) is 3.46. The number of para-hydroxylation sites is 1. The van der Waals surface area contributed by atoms with E-state index in [-0.39, 0.29) is 0 Å². The first-order valence-corrected chi connectivity index (χ1v) is 7.51. The summed E-state index contributed by atoms with van der Waals surface area (Å²) in [6.45, 7) is 1.96. The minimum Gasteiger partial charge on any atom is -0.364 e. The van der Waals surface area contributed by atoms with Gasteiger partial charge in [-0.1, -0.05) is 29.5 Å². The van der Waals surface area contributed by atoms with Crippen molar-refractivity contribution in [3.8, 4) is 0 Å². The number of aromatic nitrogens is 2. The zero-order valence-electron chi connectivity index (χ0n) is 11.1. The lowest BCUT2D eigenvalue weighted by atomic mass is 10.1. The molecule has 4 nitrogen and oxygen atoms in total. The molecule has 1 aromatic heterocycles. The third-order valence-corrected chi connectivity index (χ3v) is 4.39. The van der Waals surface area contributed by atoms with Crippen LogP contribution in [0.2, 0.25) is 0 Å². The van der Waals surface area contributed by atoms with Crippen LogP contribution in [0.25, 0.3) is 0 Å². The highest BCUT2D eigenvalue weighted by atomic mass is 32.1. The predicted molar refractivity (Wildman–Crippen MR) is 79.9 cm³/mol. The summed E-state index contributed by atoms with van der Waals surface area (Å²) in [5, 5.41) is 13.4. The van der Waals surface area contributed by atoms with Gasteiger partial charge in [-0.25, -0.2) is 0 Å². The number of rotatable bonds is 3. The normalized spacial score (nSPS) is 14.9. The van der Waals surface area contributed by atoms with Gasteiger partial charge in [0.15, 0.2) is 0 Å². The number of anilines is 2. The van der Waals surface area contributed by atoms with Crippen molar-refractivity contribution in [1.82, 2.24) is 10.2 Å². The fourth-order valence-corrected chi connectivity index (χ4v) is 3.22. The molecule has 0 radical (unpaired) electrons. The van der Waals surface area contributed by atoms with Crippen LogP contribution in [0.4, 0.5) is 10.8 Å². The molecule has 1 aliphatic rings. The van der Waals surface area contributed by atoms with E-state index in [0.29, 0.717) is 0 Å². The van der Waals surface area contributed by atoms with E-state index < -0.39 is 0 Å². The van der Waals surface area contributed by atoms with Gasteiger partial charge in [-0.15, -0.1) is 10.2 Å². The molecule has 0 fully saturated rings. The maximum absolute atomic E-state index is 4.25. The Morgan fingerprint density at radius 3 is 3.00 bits per heavy atom. The molecule has 100 valence electrons. The highest BCUT2D eigenvalue weighted by Crippen LogP contribution is 2.28. The Kier molecular flexibility index (Phi) is 3.64. The van der Waals surface area contributed by atoms with Gasteiger partial charge in [0.1, 0.15) is 5.01 Å². The minimum atomic E-state index is 0.858. The van der Waals surface area contributed by atoms with Crippen LogP contribution in [0.3, 0.4) is 0 Å². The molecule has 0 atom stereocenters. The summed E-state index contributed by atoms with van der Waals surface area (Å²) in [6.07, 6.45) is 3.70. The molecule has 0 saturated heterocycles. The van der Waals surface area contributed by atoms with E-state index in [0.717, 1.165) is 23.2 Å². The predicted octanol–water partition coefficient (Wildman–Crippen LogP) is 2.92. The Balaban J connectivity index is 1.83. The number of nitrogens with zero attached hydrogens (tertiary/aromatic N) is 3. The summed E-state index contributed by atoms with van der Waals surface area (Å²) >= 11 is 1.63. The highest BCUT2D eigenvalue weighted by molar-refractivity contribution is 7.15. The van der Waals surface area contributed by atoms with Gasteiger partial charge in [0.05, 0.1) is 6.54 Å². The summed E-state index contributed by atoms with van der Waals surface area (Å²) in [4.78, 5) is 2.43. The number of hydrogen-bond donors (Lipinski definition) is 1. The summed E-state index contributed by atoms with van der Waals surface area (Å²) in [7, 11) is 1.88. The van der Waals surface area contributed by atoms with Crippen molar-refractivity contribution < 1.29 is 0 Å². The average molecular weight is 274 g/mol. The molecule has 19 heavy (non-hydrogen) atoms. The van der Waals surface area contributed by atoms with E-state index in [1.165, 1.54) is 30.5 Å². The van der Waals surface area contributed by atoms with Gasteiger partial charge in [0, 0.05) is 19.3 Å². The molecule has 3 rings (SSSR count). The molecule has 1 aromatic carbocycles. The van der Waals surface area contributed by atoms with Crippen molar-refractivity contribution in [3.05, 3.63) is 34.8 Å². The van der Waals surface area contributed by atoms with Crippen LogP contribution in [0, 0.1) is 0 Å². The summed E-state index contributed by atoms with van der Waals surface area (Å²) in [5.74, 6) is 0. The van der Waals surface area contributed by atoms with Crippen LogP contribution in [0.5, 0.6) is 0 Å². The second-order valence-corrected chi connectivity index (χ2v) is 5.82. The van der Waals surface area contributed by atoms with Gasteiger partial charge in [-0.2, -0.15) is 0 Å². The molecule has 1 aliphatic heterocycles. The molecule has 0 spiro atoms. The van der Waals surface area contributed by atoms with Crippen LogP contribution in [-0.2, 0) is 13.0 Å². The van der Waals surface area contributed by atoms with Crippen molar-refractivity contribution >= 4 is 22.2 Å². The Bertz CT molecular complexity index is 552. The summed E-state index contributed by atoms with van der Waals surface area (Å²) < 4.78 is 0. The lowest BCUT2D eigenvalue weighted by molar-refractivity contribution is 0.710. The number of aryl methyl sites for hydroxylation is 1. The maximum Gasteiger partial charge on any atom is 0.205 e. The van der Waals surface area contributed by atoms with Crippen LogP contribution < -0.4 is 10.2 Å². The molecule has 0 amide bonds. The van der Waals surface area contributed by atoms with Crippen LogP contribution >= 0.6 is 11.3 Å². The monoisotopic (exact) mass is 274 g/mol. The number of hydrogen-bond acceptors (Lipinski definition) is 5. The van der Waals surface area contributed by atoms with E-state index in [1.807, 2.05) is 7.05 Å². The Labute approximate surface area is 117 Å². The fourth-order valence-electron chi connectivity index (χ4n) is 2.52. The molecule has 1 N–H and O–H groups in total. The lowest BCUT2D eigenvalue weighted by Gasteiger charge is -2.23. The topological polar surface area (TPSA) is 41.1 Å². The van der Waals surface area contributed by atoms with Gasteiger partial charge < -0.3 is 10.2 Å². The van der Waals surface area contributed by atoms with E-state index in [9.17, 15) is 0 Å². The van der Waals surface area contributed by atoms with E-state index >= 15 is 0 Å². The molecule has 2 aromatic rings. The Morgan fingerprint density at radius 2 is 2.16 bits per heavy atom. The standard InChI is InChI=1S/C14H18N4S/c1-15-14-17-16-13(19-14)10-18-9-5-4-7-11-6-2-3-8-12(11)18/h2-3,6,8H,4-5,7,9-10H2,1H3,(H,15,17). The first-order valence-electron chi connectivity index (χ1n) is 6.70.